The first-order valence-corrected chi connectivity index (χ1v) is 10.4. The van der Waals surface area contributed by atoms with Crippen molar-refractivity contribution >= 4 is 23.3 Å². The minimum atomic E-state index is -0.974. The SMILES string of the molecule is COCCCN1C(=S)N[C@@H](c2ccccn2)[C@H]1c1ccc(-c2cccc(C(=O)O)c2)o1. The number of benzene rings is 1. The number of furan rings is 1. The van der Waals surface area contributed by atoms with Crippen molar-refractivity contribution in [3.8, 4) is 11.3 Å². The Labute approximate surface area is 185 Å². The molecule has 1 saturated heterocycles. The molecule has 1 aliphatic rings. The van der Waals surface area contributed by atoms with E-state index in [0.29, 0.717) is 29.6 Å². The van der Waals surface area contributed by atoms with Crippen LogP contribution >= 0.6 is 12.2 Å². The van der Waals surface area contributed by atoms with Gasteiger partial charge in [-0.2, -0.15) is 0 Å². The number of carbonyl (C=O) groups is 1. The van der Waals surface area contributed by atoms with Gasteiger partial charge in [0, 0.05) is 32.0 Å². The third kappa shape index (κ3) is 4.45. The number of methoxy groups -OCH3 is 1. The van der Waals surface area contributed by atoms with Gasteiger partial charge in [-0.3, -0.25) is 4.98 Å². The number of hydrogen-bond donors (Lipinski definition) is 2. The standard InChI is InChI=1S/C23H23N3O4S/c1-29-13-5-12-26-21(20(25-23(26)31)17-8-2-3-11-24-17)19-10-9-18(30-19)15-6-4-7-16(14-15)22(27)28/h2-4,6-11,14,20-21H,5,12-13H2,1H3,(H,25,31)(H,27,28)/t20-,21+/m0/s1. The molecule has 1 fully saturated rings. The largest absolute Gasteiger partial charge is 0.478 e. The van der Waals surface area contributed by atoms with Crippen LogP contribution < -0.4 is 5.32 Å². The van der Waals surface area contributed by atoms with Gasteiger partial charge < -0.3 is 24.5 Å². The lowest BCUT2D eigenvalue weighted by atomic mass is 10.0. The second-order valence-corrected chi connectivity index (χ2v) is 7.64. The van der Waals surface area contributed by atoms with Crippen molar-refractivity contribution in [2.45, 2.75) is 18.5 Å². The predicted octanol–water partition coefficient (Wildman–Crippen LogP) is 4.05. The molecule has 2 N–H and O–H groups in total. The van der Waals surface area contributed by atoms with Crippen LogP contribution in [0.5, 0.6) is 0 Å². The quantitative estimate of drug-likeness (QED) is 0.403. The molecule has 0 bridgehead atoms. The van der Waals surface area contributed by atoms with Gasteiger partial charge in [-0.15, -0.1) is 0 Å². The van der Waals surface area contributed by atoms with Gasteiger partial charge in [0.2, 0.25) is 0 Å². The van der Waals surface area contributed by atoms with Crippen LogP contribution in [0.15, 0.2) is 65.2 Å². The summed E-state index contributed by atoms with van der Waals surface area (Å²) in [5.74, 6) is 0.363. The summed E-state index contributed by atoms with van der Waals surface area (Å²) in [6.45, 7) is 1.34. The molecule has 8 heteroatoms. The Hall–Kier alpha value is -3.23. The third-order valence-electron chi connectivity index (χ3n) is 5.26. The summed E-state index contributed by atoms with van der Waals surface area (Å²) >= 11 is 5.63. The van der Waals surface area contributed by atoms with Gasteiger partial charge in [-0.05, 0) is 55.0 Å². The lowest BCUT2D eigenvalue weighted by Crippen LogP contribution is -2.31. The molecule has 0 amide bonds. The zero-order chi connectivity index (χ0) is 21.8. The number of nitrogens with zero attached hydrogens (tertiary/aromatic N) is 2. The normalized spacial score (nSPS) is 18.2. The van der Waals surface area contributed by atoms with Crippen molar-refractivity contribution in [1.29, 1.82) is 0 Å². The molecule has 0 spiro atoms. The molecule has 7 nitrogen and oxygen atoms in total. The van der Waals surface area contributed by atoms with E-state index in [1.54, 1.807) is 31.5 Å². The van der Waals surface area contributed by atoms with Gasteiger partial charge in [0.15, 0.2) is 5.11 Å². The Morgan fingerprint density at radius 2 is 2.13 bits per heavy atom. The maximum Gasteiger partial charge on any atom is 0.335 e. The molecular weight excluding hydrogens is 414 g/mol. The molecule has 0 radical (unpaired) electrons. The lowest BCUT2D eigenvalue weighted by Gasteiger charge is -2.25. The number of aromatic nitrogens is 1. The molecular formula is C23H23N3O4S. The van der Waals surface area contributed by atoms with Crippen LogP contribution in [-0.2, 0) is 4.74 Å². The summed E-state index contributed by atoms with van der Waals surface area (Å²) in [5.41, 5.74) is 1.79. The Kier molecular flexibility index (Phi) is 6.29. The highest BCUT2D eigenvalue weighted by molar-refractivity contribution is 7.80. The van der Waals surface area contributed by atoms with E-state index in [0.717, 1.165) is 17.9 Å². The molecule has 0 aliphatic carbocycles. The zero-order valence-electron chi connectivity index (χ0n) is 17.0. The fourth-order valence-electron chi connectivity index (χ4n) is 3.81. The van der Waals surface area contributed by atoms with E-state index in [9.17, 15) is 9.90 Å². The van der Waals surface area contributed by atoms with E-state index in [-0.39, 0.29) is 17.6 Å². The first-order valence-electron chi connectivity index (χ1n) is 9.99. The van der Waals surface area contributed by atoms with Crippen molar-refractivity contribution in [3.63, 3.8) is 0 Å². The lowest BCUT2D eigenvalue weighted by molar-refractivity contribution is 0.0697. The molecule has 4 rings (SSSR count). The molecule has 160 valence electrons. The van der Waals surface area contributed by atoms with E-state index in [4.69, 9.17) is 21.4 Å². The second kappa shape index (κ2) is 9.28. The molecule has 0 unspecified atom stereocenters. The molecule has 1 aliphatic heterocycles. The Morgan fingerprint density at radius 1 is 1.26 bits per heavy atom. The minimum Gasteiger partial charge on any atom is -0.478 e. The second-order valence-electron chi connectivity index (χ2n) is 7.25. The number of ether oxygens (including phenoxy) is 1. The smallest absolute Gasteiger partial charge is 0.335 e. The monoisotopic (exact) mass is 437 g/mol. The van der Waals surface area contributed by atoms with Crippen LogP contribution in [0.1, 0.15) is 40.3 Å². The molecule has 3 heterocycles. The van der Waals surface area contributed by atoms with Gasteiger partial charge in [0.1, 0.15) is 17.6 Å². The van der Waals surface area contributed by atoms with Crippen LogP contribution in [0, 0.1) is 0 Å². The fraction of sp³-hybridized carbons (Fsp3) is 0.261. The van der Waals surface area contributed by atoms with Crippen LogP contribution in [0.3, 0.4) is 0 Å². The first kappa shape index (κ1) is 21.0. The van der Waals surface area contributed by atoms with Crippen LogP contribution in [0.25, 0.3) is 11.3 Å². The fourth-order valence-corrected chi connectivity index (χ4v) is 4.14. The molecule has 2 atom stereocenters. The maximum atomic E-state index is 11.3. The van der Waals surface area contributed by atoms with Crippen molar-refractivity contribution in [2.75, 3.05) is 20.3 Å². The van der Waals surface area contributed by atoms with Crippen molar-refractivity contribution < 1.29 is 19.1 Å². The molecule has 3 aromatic rings. The summed E-state index contributed by atoms with van der Waals surface area (Å²) in [4.78, 5) is 17.9. The molecule has 31 heavy (non-hydrogen) atoms. The Bertz CT molecular complexity index is 1070. The number of carboxylic acid groups (broad SMARTS) is 1. The van der Waals surface area contributed by atoms with Crippen molar-refractivity contribution in [1.82, 2.24) is 15.2 Å². The molecule has 2 aromatic heterocycles. The van der Waals surface area contributed by atoms with Gasteiger partial charge in [-0.1, -0.05) is 18.2 Å². The zero-order valence-corrected chi connectivity index (χ0v) is 17.8. The van der Waals surface area contributed by atoms with Gasteiger partial charge >= 0.3 is 5.97 Å². The summed E-state index contributed by atoms with van der Waals surface area (Å²) in [6.07, 6.45) is 2.58. The average molecular weight is 438 g/mol. The van der Waals surface area contributed by atoms with Crippen molar-refractivity contribution in [2.24, 2.45) is 0 Å². The van der Waals surface area contributed by atoms with E-state index in [1.807, 2.05) is 36.4 Å². The summed E-state index contributed by atoms with van der Waals surface area (Å²) in [7, 11) is 1.68. The predicted molar refractivity (Wildman–Crippen MR) is 120 cm³/mol. The molecule has 0 saturated carbocycles. The number of aromatic carboxylic acids is 1. The number of hydrogen-bond acceptors (Lipinski definition) is 5. The number of carboxylic acids is 1. The van der Waals surface area contributed by atoms with Crippen LogP contribution in [-0.4, -0.2) is 46.3 Å². The Balaban J connectivity index is 1.68. The summed E-state index contributed by atoms with van der Waals surface area (Å²) in [6, 6.07) is 15.9. The van der Waals surface area contributed by atoms with Crippen LogP contribution in [0.4, 0.5) is 0 Å². The highest BCUT2D eigenvalue weighted by atomic mass is 32.1. The average Bonchev–Trinajstić information content (AvgIpc) is 3.39. The van der Waals surface area contributed by atoms with Gasteiger partial charge in [0.25, 0.3) is 0 Å². The Morgan fingerprint density at radius 3 is 2.87 bits per heavy atom. The first-order chi connectivity index (χ1) is 15.1. The highest BCUT2D eigenvalue weighted by Gasteiger charge is 2.41. The van der Waals surface area contributed by atoms with Crippen LogP contribution in [0.2, 0.25) is 0 Å². The number of nitrogens with one attached hydrogen (secondary N) is 1. The van der Waals surface area contributed by atoms with Crippen molar-refractivity contribution in [3.05, 3.63) is 77.8 Å². The van der Waals surface area contributed by atoms with Gasteiger partial charge in [-0.25, -0.2) is 4.79 Å². The van der Waals surface area contributed by atoms with E-state index >= 15 is 0 Å². The van der Waals surface area contributed by atoms with E-state index in [2.05, 4.69) is 15.2 Å². The number of thiocarbonyl (C=S) groups is 1. The topological polar surface area (TPSA) is 87.8 Å². The summed E-state index contributed by atoms with van der Waals surface area (Å²) < 4.78 is 11.4. The minimum absolute atomic E-state index is 0.166. The van der Waals surface area contributed by atoms with E-state index < -0.39 is 5.97 Å². The van der Waals surface area contributed by atoms with E-state index in [1.165, 1.54) is 0 Å². The third-order valence-corrected chi connectivity index (χ3v) is 5.61. The molecule has 1 aromatic carbocycles. The van der Waals surface area contributed by atoms with Gasteiger partial charge in [0.05, 0.1) is 17.3 Å². The number of rotatable bonds is 8. The maximum absolute atomic E-state index is 11.3. The highest BCUT2D eigenvalue weighted by Crippen LogP contribution is 2.40. The number of pyridine rings is 1. The summed E-state index contributed by atoms with van der Waals surface area (Å²) in [5, 5.41) is 13.3.